The summed E-state index contributed by atoms with van der Waals surface area (Å²) in [5.41, 5.74) is 0.0747. The minimum Gasteiger partial charge on any atom is -0.488 e. The van der Waals surface area contributed by atoms with E-state index in [9.17, 15) is 18.0 Å². The molecule has 0 bridgehead atoms. The predicted molar refractivity (Wildman–Crippen MR) is 102 cm³/mol. The van der Waals surface area contributed by atoms with Gasteiger partial charge in [-0.25, -0.2) is 0 Å². The maximum Gasteiger partial charge on any atom is 0.416 e. The van der Waals surface area contributed by atoms with Gasteiger partial charge in [-0.15, -0.1) is 0 Å². The Morgan fingerprint density at radius 3 is 2.36 bits per heavy atom. The van der Waals surface area contributed by atoms with Gasteiger partial charge in [0.1, 0.15) is 12.4 Å². The predicted octanol–water partition coefficient (Wildman–Crippen LogP) is 6.19. The lowest BCUT2D eigenvalue weighted by Gasteiger charge is -2.14. The van der Waals surface area contributed by atoms with Gasteiger partial charge in [0.15, 0.2) is 0 Å². The normalized spacial score (nSPS) is 11.1. The lowest BCUT2D eigenvalue weighted by atomic mass is 10.1. The lowest BCUT2D eigenvalue weighted by Crippen LogP contribution is -2.15. The number of hydrogen-bond donors (Lipinski definition) is 1. The Morgan fingerprint density at radius 2 is 1.64 bits per heavy atom. The highest BCUT2D eigenvalue weighted by atomic mass is 35.5. The highest BCUT2D eigenvalue weighted by molar-refractivity contribution is 6.34. The standard InChI is InChI=1S/C21H15ClF3NO2/c22-17-11-10-15(21(23,24)25)12-18(17)26-20(27)16-8-4-5-9-19(16)28-13-14-6-2-1-3-7-14/h1-12H,13H2,(H,26,27). The molecule has 7 heteroatoms. The Bertz CT molecular complexity index is 975. The summed E-state index contributed by atoms with van der Waals surface area (Å²) in [5.74, 6) is -0.308. The summed E-state index contributed by atoms with van der Waals surface area (Å²) in [6.45, 7) is 0.245. The van der Waals surface area contributed by atoms with Gasteiger partial charge in [-0.1, -0.05) is 54.1 Å². The van der Waals surface area contributed by atoms with Crippen LogP contribution in [0.4, 0.5) is 18.9 Å². The molecule has 0 aliphatic carbocycles. The van der Waals surface area contributed by atoms with Gasteiger partial charge in [0.25, 0.3) is 5.91 Å². The SMILES string of the molecule is O=C(Nc1cc(C(F)(F)F)ccc1Cl)c1ccccc1OCc1ccccc1. The molecule has 28 heavy (non-hydrogen) atoms. The van der Waals surface area contributed by atoms with Crippen LogP contribution in [0.25, 0.3) is 0 Å². The van der Waals surface area contributed by atoms with E-state index < -0.39 is 17.6 Å². The summed E-state index contributed by atoms with van der Waals surface area (Å²) in [5, 5.41) is 2.43. The van der Waals surface area contributed by atoms with Crippen molar-refractivity contribution in [3.05, 3.63) is 94.5 Å². The van der Waals surface area contributed by atoms with E-state index in [-0.39, 0.29) is 22.9 Å². The molecule has 0 radical (unpaired) electrons. The molecule has 0 atom stereocenters. The molecule has 1 N–H and O–H groups in total. The summed E-state index contributed by atoms with van der Waals surface area (Å²) in [7, 11) is 0. The smallest absolute Gasteiger partial charge is 0.416 e. The molecule has 0 saturated carbocycles. The number of hydrogen-bond acceptors (Lipinski definition) is 2. The number of carbonyl (C=O) groups is 1. The number of anilines is 1. The van der Waals surface area contributed by atoms with Gasteiger partial charge < -0.3 is 10.1 Å². The molecule has 3 rings (SSSR count). The third-order valence-electron chi connectivity index (χ3n) is 3.91. The largest absolute Gasteiger partial charge is 0.488 e. The van der Waals surface area contributed by atoms with Crippen molar-refractivity contribution >= 4 is 23.2 Å². The van der Waals surface area contributed by atoms with Crippen LogP contribution in [0.2, 0.25) is 5.02 Å². The zero-order chi connectivity index (χ0) is 20.1. The minimum atomic E-state index is -4.54. The summed E-state index contributed by atoms with van der Waals surface area (Å²) in [4.78, 5) is 12.6. The molecule has 0 heterocycles. The number of ether oxygens (including phenoxy) is 1. The second-order valence-corrected chi connectivity index (χ2v) is 6.32. The van der Waals surface area contributed by atoms with Gasteiger partial charge in [0, 0.05) is 0 Å². The average Bonchev–Trinajstić information content (AvgIpc) is 2.68. The second kappa shape index (κ2) is 8.35. The third kappa shape index (κ3) is 4.84. The van der Waals surface area contributed by atoms with E-state index in [0.717, 1.165) is 23.8 Å². The first kappa shape index (κ1) is 19.8. The number of alkyl halides is 3. The van der Waals surface area contributed by atoms with Gasteiger partial charge in [-0.3, -0.25) is 4.79 Å². The fourth-order valence-electron chi connectivity index (χ4n) is 2.50. The fourth-order valence-corrected chi connectivity index (χ4v) is 2.67. The minimum absolute atomic E-state index is 0.00374. The third-order valence-corrected chi connectivity index (χ3v) is 4.24. The van der Waals surface area contributed by atoms with Crippen LogP contribution >= 0.6 is 11.6 Å². The summed E-state index contributed by atoms with van der Waals surface area (Å²) < 4.78 is 44.4. The van der Waals surface area contributed by atoms with Crippen molar-refractivity contribution in [2.24, 2.45) is 0 Å². The molecule has 0 saturated heterocycles. The monoisotopic (exact) mass is 405 g/mol. The number of rotatable bonds is 5. The van der Waals surface area contributed by atoms with Crippen LogP contribution in [0, 0.1) is 0 Å². The van der Waals surface area contributed by atoms with Crippen LogP contribution in [-0.2, 0) is 12.8 Å². The van der Waals surface area contributed by atoms with Crippen LogP contribution in [-0.4, -0.2) is 5.91 Å². The van der Waals surface area contributed by atoms with Gasteiger partial charge in [-0.05, 0) is 35.9 Å². The molecule has 3 aromatic rings. The van der Waals surface area contributed by atoms with Gasteiger partial charge in [0.2, 0.25) is 0 Å². The zero-order valence-electron chi connectivity index (χ0n) is 14.5. The maximum atomic E-state index is 12.9. The van der Waals surface area contributed by atoms with Gasteiger partial charge in [0.05, 0.1) is 21.8 Å². The quantitative estimate of drug-likeness (QED) is 0.549. The maximum absolute atomic E-state index is 12.9. The van der Waals surface area contributed by atoms with Crippen LogP contribution in [0.3, 0.4) is 0 Å². The van der Waals surface area contributed by atoms with E-state index in [4.69, 9.17) is 16.3 Å². The molecular formula is C21H15ClF3NO2. The summed E-state index contributed by atoms with van der Waals surface area (Å²) >= 11 is 5.95. The van der Waals surface area contributed by atoms with Crippen LogP contribution in [0.5, 0.6) is 5.75 Å². The Labute approximate surface area is 164 Å². The lowest BCUT2D eigenvalue weighted by molar-refractivity contribution is -0.137. The molecule has 0 unspecified atom stereocenters. The molecule has 0 spiro atoms. The van der Waals surface area contributed by atoms with Crippen LogP contribution < -0.4 is 10.1 Å². The number of para-hydroxylation sites is 1. The Hall–Kier alpha value is -2.99. The van der Waals surface area contributed by atoms with Gasteiger partial charge in [-0.2, -0.15) is 13.2 Å². The molecular weight excluding hydrogens is 391 g/mol. The first-order chi connectivity index (χ1) is 13.3. The van der Waals surface area contributed by atoms with Gasteiger partial charge >= 0.3 is 6.18 Å². The molecule has 144 valence electrons. The van der Waals surface area contributed by atoms with Crippen molar-refractivity contribution in [3.63, 3.8) is 0 Å². The number of halogens is 4. The summed E-state index contributed by atoms with van der Waals surface area (Å²) in [6.07, 6.45) is -4.54. The van der Waals surface area contributed by atoms with Crippen LogP contribution in [0.15, 0.2) is 72.8 Å². The molecule has 0 fully saturated rings. The Kier molecular flexibility index (Phi) is 5.90. The highest BCUT2D eigenvalue weighted by Crippen LogP contribution is 2.34. The van der Waals surface area contributed by atoms with Crippen molar-refractivity contribution in [2.75, 3.05) is 5.32 Å². The number of amides is 1. The second-order valence-electron chi connectivity index (χ2n) is 5.92. The van der Waals surface area contributed by atoms with E-state index in [1.165, 1.54) is 6.07 Å². The molecule has 0 aromatic heterocycles. The van der Waals surface area contributed by atoms with Crippen molar-refractivity contribution in [3.8, 4) is 5.75 Å². The van der Waals surface area contributed by atoms with E-state index in [1.54, 1.807) is 18.2 Å². The van der Waals surface area contributed by atoms with E-state index >= 15 is 0 Å². The first-order valence-electron chi connectivity index (χ1n) is 8.28. The molecule has 3 nitrogen and oxygen atoms in total. The molecule has 0 aliphatic rings. The van der Waals surface area contributed by atoms with Crippen molar-refractivity contribution in [1.29, 1.82) is 0 Å². The Balaban J connectivity index is 1.80. The van der Waals surface area contributed by atoms with Crippen molar-refractivity contribution in [2.45, 2.75) is 12.8 Å². The van der Waals surface area contributed by atoms with E-state index in [1.807, 2.05) is 30.3 Å². The van der Waals surface area contributed by atoms with Crippen molar-refractivity contribution < 1.29 is 22.7 Å². The fraction of sp³-hybridized carbons (Fsp3) is 0.0952. The zero-order valence-corrected chi connectivity index (χ0v) is 15.2. The summed E-state index contributed by atoms with van der Waals surface area (Å²) in [6, 6.07) is 18.6. The van der Waals surface area contributed by atoms with Crippen LogP contribution in [0.1, 0.15) is 21.5 Å². The van der Waals surface area contributed by atoms with E-state index in [2.05, 4.69) is 5.32 Å². The topological polar surface area (TPSA) is 38.3 Å². The number of benzene rings is 3. The first-order valence-corrected chi connectivity index (χ1v) is 8.66. The Morgan fingerprint density at radius 1 is 0.964 bits per heavy atom. The van der Waals surface area contributed by atoms with Crippen molar-refractivity contribution in [1.82, 2.24) is 0 Å². The number of carbonyl (C=O) groups excluding carboxylic acids is 1. The highest BCUT2D eigenvalue weighted by Gasteiger charge is 2.31. The molecule has 3 aromatic carbocycles. The molecule has 1 amide bonds. The number of nitrogens with one attached hydrogen (secondary N) is 1. The average molecular weight is 406 g/mol. The molecule has 0 aliphatic heterocycles. The van der Waals surface area contributed by atoms with E-state index in [0.29, 0.717) is 5.75 Å².